The number of carbonyl (C=O) groups is 1. The fraction of sp³-hybridized carbons (Fsp3) is 0.316. The van der Waals surface area contributed by atoms with Crippen molar-refractivity contribution in [1.29, 1.82) is 0 Å². The largest absolute Gasteiger partial charge is 0.497 e. The molecular formula is C19H23NO5S. The smallest absolute Gasteiger partial charge is 0.326 e. The zero-order valence-corrected chi connectivity index (χ0v) is 16.2. The molecule has 0 aliphatic rings. The van der Waals surface area contributed by atoms with Gasteiger partial charge in [0.2, 0.25) is 0 Å². The normalized spacial score (nSPS) is 11.1. The van der Waals surface area contributed by atoms with E-state index >= 15 is 0 Å². The number of esters is 1. The summed E-state index contributed by atoms with van der Waals surface area (Å²) in [5, 5.41) is 0. The van der Waals surface area contributed by atoms with Crippen LogP contribution in [-0.2, 0) is 19.6 Å². The van der Waals surface area contributed by atoms with Crippen molar-refractivity contribution in [2.75, 3.05) is 24.6 Å². The third-order valence-electron chi connectivity index (χ3n) is 4.07. The first-order valence-corrected chi connectivity index (χ1v) is 9.64. The molecule has 0 unspecified atom stereocenters. The zero-order chi connectivity index (χ0) is 19.3. The van der Waals surface area contributed by atoms with Crippen LogP contribution >= 0.6 is 0 Å². The molecule has 0 bridgehead atoms. The number of benzene rings is 2. The maximum absolute atomic E-state index is 13.2. The van der Waals surface area contributed by atoms with Crippen LogP contribution in [0.5, 0.6) is 5.75 Å². The van der Waals surface area contributed by atoms with Crippen molar-refractivity contribution < 1.29 is 22.7 Å². The number of nitrogens with zero attached hydrogens (tertiary/aromatic N) is 1. The van der Waals surface area contributed by atoms with E-state index in [-0.39, 0.29) is 11.5 Å². The predicted molar refractivity (Wildman–Crippen MR) is 100 cm³/mol. The molecule has 6 nitrogen and oxygen atoms in total. The van der Waals surface area contributed by atoms with Crippen molar-refractivity contribution in [3.05, 3.63) is 53.6 Å². The van der Waals surface area contributed by atoms with Gasteiger partial charge < -0.3 is 9.47 Å². The second kappa shape index (κ2) is 8.23. The molecule has 0 amide bonds. The van der Waals surface area contributed by atoms with Gasteiger partial charge in [0.1, 0.15) is 12.3 Å². The summed E-state index contributed by atoms with van der Waals surface area (Å²) in [7, 11) is -2.45. The molecule has 0 saturated carbocycles. The van der Waals surface area contributed by atoms with Crippen LogP contribution in [-0.4, -0.2) is 34.6 Å². The third kappa shape index (κ3) is 4.16. The highest BCUT2D eigenvalue weighted by molar-refractivity contribution is 7.92. The summed E-state index contributed by atoms with van der Waals surface area (Å²) in [6.45, 7) is 5.18. The van der Waals surface area contributed by atoms with E-state index in [1.54, 1.807) is 31.2 Å². The Morgan fingerprint density at radius 2 is 1.73 bits per heavy atom. The number of carbonyl (C=O) groups excluding carboxylic acids is 1. The molecule has 0 spiro atoms. The molecule has 2 rings (SSSR count). The number of anilines is 1. The lowest BCUT2D eigenvalue weighted by atomic mass is 10.1. The van der Waals surface area contributed by atoms with Crippen molar-refractivity contribution in [2.24, 2.45) is 0 Å². The number of hydrogen-bond acceptors (Lipinski definition) is 5. The highest BCUT2D eigenvalue weighted by Crippen LogP contribution is 2.29. The van der Waals surface area contributed by atoms with Crippen LogP contribution in [0.2, 0.25) is 0 Å². The Morgan fingerprint density at radius 3 is 2.31 bits per heavy atom. The van der Waals surface area contributed by atoms with Crippen LogP contribution in [0.15, 0.2) is 47.4 Å². The lowest BCUT2D eigenvalue weighted by molar-refractivity contribution is -0.141. The fourth-order valence-corrected chi connectivity index (χ4v) is 3.97. The van der Waals surface area contributed by atoms with Crippen molar-refractivity contribution >= 4 is 21.7 Å². The quantitative estimate of drug-likeness (QED) is 0.694. The third-order valence-corrected chi connectivity index (χ3v) is 5.84. The first-order chi connectivity index (χ1) is 12.3. The van der Waals surface area contributed by atoms with Crippen molar-refractivity contribution in [3.63, 3.8) is 0 Å². The molecule has 0 radical (unpaired) electrons. The summed E-state index contributed by atoms with van der Waals surface area (Å²) in [5.74, 6) is -0.0573. The Morgan fingerprint density at radius 1 is 1.08 bits per heavy atom. The molecule has 26 heavy (non-hydrogen) atoms. The molecule has 0 saturated heterocycles. The fourth-order valence-electron chi connectivity index (χ4n) is 2.50. The van der Waals surface area contributed by atoms with Crippen LogP contribution in [0, 0.1) is 13.8 Å². The Balaban J connectivity index is 2.54. The molecule has 7 heteroatoms. The van der Waals surface area contributed by atoms with Gasteiger partial charge in [-0.3, -0.25) is 9.10 Å². The maximum atomic E-state index is 13.2. The van der Waals surface area contributed by atoms with Gasteiger partial charge in [0, 0.05) is 0 Å². The van der Waals surface area contributed by atoms with Crippen molar-refractivity contribution in [3.8, 4) is 5.75 Å². The van der Waals surface area contributed by atoms with E-state index in [2.05, 4.69) is 0 Å². The second-order valence-corrected chi connectivity index (χ2v) is 7.57. The Bertz CT molecular complexity index is 875. The number of hydrogen-bond donors (Lipinski definition) is 0. The molecule has 0 fully saturated rings. The molecular weight excluding hydrogens is 354 g/mol. The summed E-state index contributed by atoms with van der Waals surface area (Å²) in [6, 6.07) is 11.4. The average molecular weight is 377 g/mol. The number of aryl methyl sites for hydroxylation is 1. The van der Waals surface area contributed by atoms with Gasteiger partial charge in [-0.15, -0.1) is 0 Å². The van der Waals surface area contributed by atoms with Gasteiger partial charge in [-0.25, -0.2) is 8.42 Å². The Kier molecular flexibility index (Phi) is 6.26. The van der Waals surface area contributed by atoms with E-state index in [9.17, 15) is 13.2 Å². The van der Waals surface area contributed by atoms with Crippen LogP contribution in [0.25, 0.3) is 0 Å². The number of rotatable bonds is 7. The van der Waals surface area contributed by atoms with Crippen LogP contribution in [0.1, 0.15) is 18.1 Å². The van der Waals surface area contributed by atoms with Crippen LogP contribution < -0.4 is 9.04 Å². The van der Waals surface area contributed by atoms with E-state index < -0.39 is 22.5 Å². The SMILES string of the molecule is CCOC(=O)CN(c1cccc(C)c1C)S(=O)(=O)c1ccc(OC)cc1. The van der Waals surface area contributed by atoms with Gasteiger partial charge in [0.25, 0.3) is 10.0 Å². The van der Waals surface area contributed by atoms with Gasteiger partial charge in [-0.05, 0) is 62.2 Å². The molecule has 0 N–H and O–H groups in total. The summed E-state index contributed by atoms with van der Waals surface area (Å²) in [6.07, 6.45) is 0. The van der Waals surface area contributed by atoms with Crippen molar-refractivity contribution in [2.45, 2.75) is 25.7 Å². The lowest BCUT2D eigenvalue weighted by Crippen LogP contribution is -2.37. The van der Waals surface area contributed by atoms with Gasteiger partial charge in [-0.2, -0.15) is 0 Å². The highest BCUT2D eigenvalue weighted by Gasteiger charge is 2.29. The van der Waals surface area contributed by atoms with Gasteiger partial charge in [-0.1, -0.05) is 12.1 Å². The molecule has 2 aromatic carbocycles. The highest BCUT2D eigenvalue weighted by atomic mass is 32.2. The zero-order valence-electron chi connectivity index (χ0n) is 15.4. The number of ether oxygens (including phenoxy) is 2. The summed E-state index contributed by atoms with van der Waals surface area (Å²) >= 11 is 0. The second-order valence-electron chi connectivity index (χ2n) is 5.71. The monoisotopic (exact) mass is 377 g/mol. The molecule has 0 aliphatic carbocycles. The minimum absolute atomic E-state index is 0.0727. The van der Waals surface area contributed by atoms with Crippen molar-refractivity contribution in [1.82, 2.24) is 0 Å². The maximum Gasteiger partial charge on any atom is 0.326 e. The molecule has 140 valence electrons. The number of methoxy groups -OCH3 is 1. The standard InChI is InChI=1S/C19H23NO5S/c1-5-25-19(21)13-20(18-8-6-7-14(2)15(18)3)26(22,23)17-11-9-16(24-4)10-12-17/h6-12H,5,13H2,1-4H3. The van der Waals surface area contributed by atoms with E-state index in [0.29, 0.717) is 11.4 Å². The average Bonchev–Trinajstić information content (AvgIpc) is 2.62. The molecule has 0 heterocycles. The summed E-state index contributed by atoms with van der Waals surface area (Å²) in [4.78, 5) is 12.1. The minimum atomic E-state index is -3.95. The van der Waals surface area contributed by atoms with E-state index in [0.717, 1.165) is 15.4 Å². The molecule has 2 aromatic rings. The first-order valence-electron chi connectivity index (χ1n) is 8.20. The molecule has 0 atom stereocenters. The topological polar surface area (TPSA) is 72.9 Å². The first kappa shape index (κ1) is 19.8. The Hall–Kier alpha value is -2.54. The van der Waals surface area contributed by atoms with E-state index in [1.807, 2.05) is 19.9 Å². The van der Waals surface area contributed by atoms with Crippen LogP contribution in [0.3, 0.4) is 0 Å². The molecule has 0 aromatic heterocycles. The minimum Gasteiger partial charge on any atom is -0.497 e. The van der Waals surface area contributed by atoms with E-state index in [1.165, 1.54) is 19.2 Å². The molecule has 0 aliphatic heterocycles. The summed E-state index contributed by atoms with van der Waals surface area (Å²) < 4.78 is 37.6. The predicted octanol–water partition coefficient (Wildman–Crippen LogP) is 3.07. The van der Waals surface area contributed by atoms with Gasteiger partial charge >= 0.3 is 5.97 Å². The van der Waals surface area contributed by atoms with E-state index in [4.69, 9.17) is 9.47 Å². The number of sulfonamides is 1. The van der Waals surface area contributed by atoms with Gasteiger partial charge in [0.15, 0.2) is 0 Å². The van der Waals surface area contributed by atoms with Crippen LogP contribution in [0.4, 0.5) is 5.69 Å². The Labute approximate surface area is 154 Å². The summed E-state index contributed by atoms with van der Waals surface area (Å²) in [5.41, 5.74) is 2.17. The van der Waals surface area contributed by atoms with Gasteiger partial charge in [0.05, 0.1) is 24.3 Å². The lowest BCUT2D eigenvalue weighted by Gasteiger charge is -2.26.